The number of aromatic nitrogens is 2. The Morgan fingerprint density at radius 1 is 1.26 bits per heavy atom. The zero-order valence-electron chi connectivity index (χ0n) is 14.4. The topological polar surface area (TPSA) is 62.5 Å². The highest BCUT2D eigenvalue weighted by Crippen LogP contribution is 2.39. The molecule has 2 aliphatic rings. The number of hydrogen-bond donors (Lipinski definition) is 0. The molecule has 2 saturated heterocycles. The average Bonchev–Trinajstić information content (AvgIpc) is 2.94. The van der Waals surface area contributed by atoms with Crippen LogP contribution in [0.3, 0.4) is 0 Å². The van der Waals surface area contributed by atoms with Gasteiger partial charge in [-0.25, -0.2) is 0 Å². The Labute approximate surface area is 138 Å². The van der Waals surface area contributed by atoms with Gasteiger partial charge < -0.3 is 9.32 Å². The summed E-state index contributed by atoms with van der Waals surface area (Å²) in [5.41, 5.74) is 0.259. The van der Waals surface area contributed by atoms with Crippen LogP contribution in [0.5, 0.6) is 0 Å². The second-order valence-electron chi connectivity index (χ2n) is 7.20. The zero-order chi connectivity index (χ0) is 16.3. The quantitative estimate of drug-likeness (QED) is 0.833. The number of carbonyl (C=O) groups is 1. The third-order valence-electron chi connectivity index (χ3n) is 5.20. The van der Waals surface area contributed by atoms with E-state index in [1.54, 1.807) is 0 Å². The fourth-order valence-corrected chi connectivity index (χ4v) is 4.03. The van der Waals surface area contributed by atoms with Gasteiger partial charge >= 0.3 is 0 Å². The van der Waals surface area contributed by atoms with Gasteiger partial charge in [-0.2, -0.15) is 0 Å². The summed E-state index contributed by atoms with van der Waals surface area (Å²) in [6.07, 6.45) is 6.38. The molecular weight excluding hydrogens is 292 g/mol. The van der Waals surface area contributed by atoms with Crippen molar-refractivity contribution in [3.63, 3.8) is 0 Å². The highest BCUT2D eigenvalue weighted by molar-refractivity contribution is 5.77. The van der Waals surface area contributed by atoms with E-state index in [1.807, 2.05) is 6.92 Å². The van der Waals surface area contributed by atoms with Gasteiger partial charge in [0.25, 0.3) is 0 Å². The fraction of sp³-hybridized carbons (Fsp3) is 0.824. The van der Waals surface area contributed by atoms with Crippen molar-refractivity contribution in [3.05, 3.63) is 11.8 Å². The van der Waals surface area contributed by atoms with Crippen LogP contribution in [-0.2, 0) is 11.3 Å². The van der Waals surface area contributed by atoms with Gasteiger partial charge in [0.05, 0.1) is 6.54 Å². The molecule has 128 valence electrons. The van der Waals surface area contributed by atoms with Crippen LogP contribution in [-0.4, -0.2) is 52.1 Å². The Morgan fingerprint density at radius 3 is 2.87 bits per heavy atom. The molecule has 2 fully saturated rings. The summed E-state index contributed by atoms with van der Waals surface area (Å²) < 4.78 is 5.52. The standard InChI is InChI=1S/C17H28N4O2/c1-3-4-10-21-13-17(8-6-16(21)22)7-5-9-20(12-17)11-15-19-18-14(2)23-15/h3-13H2,1-2H3/t17-/m0/s1. The Balaban J connectivity index is 1.63. The number of hydrogen-bond acceptors (Lipinski definition) is 5. The predicted octanol–water partition coefficient (Wildman–Crippen LogP) is 2.38. The maximum Gasteiger partial charge on any atom is 0.230 e. The van der Waals surface area contributed by atoms with Gasteiger partial charge in [-0.3, -0.25) is 9.69 Å². The largest absolute Gasteiger partial charge is 0.424 e. The third-order valence-corrected chi connectivity index (χ3v) is 5.20. The van der Waals surface area contributed by atoms with Gasteiger partial charge in [0.1, 0.15) is 0 Å². The van der Waals surface area contributed by atoms with Crippen molar-refractivity contribution in [2.45, 2.75) is 58.9 Å². The van der Waals surface area contributed by atoms with E-state index in [2.05, 4.69) is 26.9 Å². The van der Waals surface area contributed by atoms with Crippen molar-refractivity contribution in [1.29, 1.82) is 0 Å². The molecule has 0 aliphatic carbocycles. The molecule has 1 atom stereocenters. The van der Waals surface area contributed by atoms with Crippen molar-refractivity contribution in [1.82, 2.24) is 20.0 Å². The molecular formula is C17H28N4O2. The first-order valence-corrected chi connectivity index (χ1v) is 8.89. The van der Waals surface area contributed by atoms with Crippen LogP contribution in [0.25, 0.3) is 0 Å². The molecule has 23 heavy (non-hydrogen) atoms. The average molecular weight is 320 g/mol. The first kappa shape index (κ1) is 16.4. The number of rotatable bonds is 5. The minimum Gasteiger partial charge on any atom is -0.424 e. The van der Waals surface area contributed by atoms with E-state index in [-0.39, 0.29) is 5.41 Å². The molecule has 0 aromatic carbocycles. The van der Waals surface area contributed by atoms with Crippen LogP contribution >= 0.6 is 0 Å². The lowest BCUT2D eigenvalue weighted by Gasteiger charge is -2.48. The van der Waals surface area contributed by atoms with Crippen molar-refractivity contribution < 1.29 is 9.21 Å². The molecule has 0 N–H and O–H groups in total. The molecule has 3 rings (SSSR count). The van der Waals surface area contributed by atoms with E-state index >= 15 is 0 Å². The normalized spacial score (nSPS) is 26.2. The lowest BCUT2D eigenvalue weighted by Crippen LogP contribution is -2.53. The first-order valence-electron chi connectivity index (χ1n) is 8.89. The molecule has 1 aromatic heterocycles. The van der Waals surface area contributed by atoms with E-state index in [0.29, 0.717) is 24.1 Å². The Kier molecular flexibility index (Phi) is 4.99. The number of nitrogens with zero attached hydrogens (tertiary/aromatic N) is 4. The maximum absolute atomic E-state index is 12.2. The van der Waals surface area contributed by atoms with Gasteiger partial charge in [-0.15, -0.1) is 10.2 Å². The molecule has 1 amide bonds. The smallest absolute Gasteiger partial charge is 0.230 e. The molecule has 0 radical (unpaired) electrons. The van der Waals surface area contributed by atoms with Gasteiger partial charge in [0.2, 0.25) is 17.7 Å². The highest BCUT2D eigenvalue weighted by Gasteiger charge is 2.41. The van der Waals surface area contributed by atoms with Gasteiger partial charge in [0, 0.05) is 38.4 Å². The number of piperidine rings is 2. The number of unbranched alkanes of at least 4 members (excludes halogenated alkanes) is 1. The van der Waals surface area contributed by atoms with Crippen molar-refractivity contribution in [2.75, 3.05) is 26.2 Å². The van der Waals surface area contributed by atoms with E-state index in [9.17, 15) is 4.79 Å². The van der Waals surface area contributed by atoms with Crippen LogP contribution < -0.4 is 0 Å². The Bertz CT molecular complexity index is 544. The minimum atomic E-state index is 0.259. The molecule has 2 aliphatic heterocycles. The van der Waals surface area contributed by atoms with Gasteiger partial charge in [-0.05, 0) is 32.2 Å². The second-order valence-corrected chi connectivity index (χ2v) is 7.20. The van der Waals surface area contributed by atoms with Crippen molar-refractivity contribution in [2.24, 2.45) is 5.41 Å². The molecule has 1 aromatic rings. The molecule has 0 unspecified atom stereocenters. The van der Waals surface area contributed by atoms with E-state index in [0.717, 1.165) is 52.0 Å². The summed E-state index contributed by atoms with van der Waals surface area (Å²) in [6.45, 7) is 8.68. The summed E-state index contributed by atoms with van der Waals surface area (Å²) in [5.74, 6) is 1.67. The van der Waals surface area contributed by atoms with Crippen molar-refractivity contribution >= 4 is 5.91 Å². The molecule has 0 saturated carbocycles. The van der Waals surface area contributed by atoms with Crippen LogP contribution in [0, 0.1) is 12.3 Å². The summed E-state index contributed by atoms with van der Waals surface area (Å²) >= 11 is 0. The first-order chi connectivity index (χ1) is 11.1. The van der Waals surface area contributed by atoms with Crippen LogP contribution in [0.2, 0.25) is 0 Å². The lowest BCUT2D eigenvalue weighted by molar-refractivity contribution is -0.139. The molecule has 0 bridgehead atoms. The van der Waals surface area contributed by atoms with E-state index in [4.69, 9.17) is 4.42 Å². The second kappa shape index (κ2) is 6.99. The van der Waals surface area contributed by atoms with E-state index in [1.165, 1.54) is 12.8 Å². The molecule has 6 nitrogen and oxygen atoms in total. The van der Waals surface area contributed by atoms with Gasteiger partial charge in [-0.1, -0.05) is 13.3 Å². The number of carbonyl (C=O) groups excluding carboxylic acids is 1. The predicted molar refractivity (Wildman–Crippen MR) is 86.7 cm³/mol. The summed E-state index contributed by atoms with van der Waals surface area (Å²) in [6, 6.07) is 0. The third kappa shape index (κ3) is 3.91. The molecule has 1 spiro atoms. The van der Waals surface area contributed by atoms with Crippen LogP contribution in [0.1, 0.15) is 57.2 Å². The van der Waals surface area contributed by atoms with Crippen LogP contribution in [0.4, 0.5) is 0 Å². The molecule has 3 heterocycles. The SMILES string of the molecule is CCCCN1C[C@@]2(CCCN(Cc3nnc(C)o3)C2)CCC1=O. The number of likely N-dealkylation sites (tertiary alicyclic amines) is 2. The maximum atomic E-state index is 12.2. The molecule has 6 heteroatoms. The number of amides is 1. The summed E-state index contributed by atoms with van der Waals surface area (Å²) in [5, 5.41) is 8.03. The van der Waals surface area contributed by atoms with Gasteiger partial charge in [0.15, 0.2) is 0 Å². The fourth-order valence-electron chi connectivity index (χ4n) is 4.03. The minimum absolute atomic E-state index is 0.259. The Hall–Kier alpha value is -1.43. The number of aryl methyl sites for hydroxylation is 1. The monoisotopic (exact) mass is 320 g/mol. The van der Waals surface area contributed by atoms with E-state index < -0.39 is 0 Å². The summed E-state index contributed by atoms with van der Waals surface area (Å²) in [4.78, 5) is 16.7. The lowest BCUT2D eigenvalue weighted by atomic mass is 9.73. The highest BCUT2D eigenvalue weighted by atomic mass is 16.4. The summed E-state index contributed by atoms with van der Waals surface area (Å²) in [7, 11) is 0. The van der Waals surface area contributed by atoms with Crippen LogP contribution in [0.15, 0.2) is 4.42 Å². The zero-order valence-corrected chi connectivity index (χ0v) is 14.4. The Morgan fingerprint density at radius 2 is 2.13 bits per heavy atom. The van der Waals surface area contributed by atoms with Crippen molar-refractivity contribution in [3.8, 4) is 0 Å².